The zero-order valence-corrected chi connectivity index (χ0v) is 14.1. The fourth-order valence-electron chi connectivity index (χ4n) is 3.07. The molecule has 1 saturated carbocycles. The molecule has 2 N–H and O–H groups in total. The molecular weight excluding hydrogens is 350 g/mol. The maximum absolute atomic E-state index is 12.7. The van der Waals surface area contributed by atoms with E-state index in [1.807, 2.05) is 0 Å². The van der Waals surface area contributed by atoms with E-state index in [0.29, 0.717) is 40.1 Å². The van der Waals surface area contributed by atoms with Crippen molar-refractivity contribution in [1.29, 1.82) is 0 Å². The maximum atomic E-state index is 12.7. The lowest BCUT2D eigenvalue weighted by molar-refractivity contribution is -0.148. The molecule has 1 amide bonds. The van der Waals surface area contributed by atoms with Gasteiger partial charge in [-0.2, -0.15) is 0 Å². The van der Waals surface area contributed by atoms with E-state index in [9.17, 15) is 19.5 Å². The van der Waals surface area contributed by atoms with Crippen molar-refractivity contribution in [1.82, 2.24) is 4.90 Å². The number of nitrogens with zero attached hydrogens (tertiary/aromatic N) is 1. The largest absolute Gasteiger partial charge is 0.480 e. The van der Waals surface area contributed by atoms with Gasteiger partial charge in [0.1, 0.15) is 5.76 Å². The highest BCUT2D eigenvalue weighted by Crippen LogP contribution is 2.40. The van der Waals surface area contributed by atoms with Crippen LogP contribution in [-0.4, -0.2) is 52.0 Å². The van der Waals surface area contributed by atoms with E-state index in [-0.39, 0.29) is 5.78 Å². The van der Waals surface area contributed by atoms with Crippen LogP contribution in [0.25, 0.3) is 11.0 Å². The summed E-state index contributed by atoms with van der Waals surface area (Å²) in [5, 5.41) is 19.3. The van der Waals surface area contributed by atoms with E-state index in [0.717, 1.165) is 4.90 Å². The van der Waals surface area contributed by atoms with Crippen molar-refractivity contribution in [2.75, 3.05) is 6.61 Å². The number of carbonyl (C=O) groups excluding carboxylic acids is 2. The van der Waals surface area contributed by atoms with Gasteiger partial charge in [0.05, 0.1) is 11.6 Å². The van der Waals surface area contributed by atoms with Gasteiger partial charge < -0.3 is 19.5 Å². The molecule has 0 aliphatic heterocycles. The Morgan fingerprint density at radius 3 is 2.76 bits per heavy atom. The highest BCUT2D eigenvalue weighted by atomic mass is 35.5. The number of amides is 1. The second-order valence-electron chi connectivity index (χ2n) is 6.10. The highest BCUT2D eigenvalue weighted by Gasteiger charge is 2.49. The molecule has 0 spiro atoms. The summed E-state index contributed by atoms with van der Waals surface area (Å²) < 4.78 is 5.47. The number of carboxylic acids is 1. The van der Waals surface area contributed by atoms with Crippen LogP contribution in [0, 0.1) is 12.8 Å². The quantitative estimate of drug-likeness (QED) is 0.572. The standard InChI is InChI=1S/C17H16ClNO6/c1-8-2-10-3-9(4-12(18)16(10)25-8)15(22)11-5-13(11)19(7-21)14(6-20)17(23)24/h2-4,7,11,13-14,20H,5-6H2,1H3,(H,23,24)/t11-,13-,14-/m0/s1. The van der Waals surface area contributed by atoms with Crippen LogP contribution in [0.3, 0.4) is 0 Å². The van der Waals surface area contributed by atoms with Crippen LogP contribution in [0.2, 0.25) is 5.02 Å². The van der Waals surface area contributed by atoms with Gasteiger partial charge in [-0.05, 0) is 31.5 Å². The van der Waals surface area contributed by atoms with Crippen molar-refractivity contribution >= 4 is 40.7 Å². The summed E-state index contributed by atoms with van der Waals surface area (Å²) in [5.41, 5.74) is 0.885. The molecule has 0 bridgehead atoms. The molecule has 25 heavy (non-hydrogen) atoms. The molecule has 3 atom stereocenters. The number of halogens is 1. The number of benzene rings is 1. The van der Waals surface area contributed by atoms with Crippen LogP contribution in [0.5, 0.6) is 0 Å². The minimum Gasteiger partial charge on any atom is -0.480 e. The van der Waals surface area contributed by atoms with Gasteiger partial charge in [0.15, 0.2) is 17.4 Å². The molecule has 0 unspecified atom stereocenters. The normalized spacial score (nSPS) is 20.3. The van der Waals surface area contributed by atoms with E-state index >= 15 is 0 Å². The molecule has 1 aromatic carbocycles. The Kier molecular flexibility index (Phi) is 4.53. The predicted octanol–water partition coefficient (Wildman–Crippen LogP) is 1.87. The summed E-state index contributed by atoms with van der Waals surface area (Å²) in [6.45, 7) is 1.06. The molecule has 1 aromatic heterocycles. The van der Waals surface area contributed by atoms with Gasteiger partial charge in [-0.3, -0.25) is 9.59 Å². The number of Topliss-reactive ketones (excluding diaryl/α,β-unsaturated/α-hetero) is 1. The smallest absolute Gasteiger partial charge is 0.328 e. The molecular formula is C17H16ClNO6. The number of carbonyl (C=O) groups is 3. The number of fused-ring (bicyclic) bond motifs is 1. The number of ketones is 1. The molecule has 0 radical (unpaired) electrons. The average Bonchev–Trinajstić information content (AvgIpc) is 3.25. The van der Waals surface area contributed by atoms with Crippen molar-refractivity contribution in [2.24, 2.45) is 5.92 Å². The average molecular weight is 366 g/mol. The van der Waals surface area contributed by atoms with Gasteiger partial charge >= 0.3 is 5.97 Å². The van der Waals surface area contributed by atoms with Crippen molar-refractivity contribution in [2.45, 2.75) is 25.4 Å². The Bertz CT molecular complexity index is 860. The first kappa shape index (κ1) is 17.4. The lowest BCUT2D eigenvalue weighted by atomic mass is 10.0. The fourth-order valence-corrected chi connectivity index (χ4v) is 3.34. The van der Waals surface area contributed by atoms with E-state index in [4.69, 9.17) is 21.1 Å². The van der Waals surface area contributed by atoms with Gasteiger partial charge in [-0.25, -0.2) is 4.79 Å². The SMILES string of the molecule is Cc1cc2cc(C(=O)[C@H]3C[C@@H]3N(C=O)[C@@H](CO)C(=O)O)cc(Cl)c2o1. The van der Waals surface area contributed by atoms with Crippen LogP contribution < -0.4 is 0 Å². The molecule has 7 nitrogen and oxygen atoms in total. The first-order valence-corrected chi connectivity index (χ1v) is 8.05. The minimum absolute atomic E-state index is 0.221. The zero-order valence-electron chi connectivity index (χ0n) is 13.3. The zero-order chi connectivity index (χ0) is 18.3. The van der Waals surface area contributed by atoms with Crippen molar-refractivity contribution < 1.29 is 29.0 Å². The molecule has 1 fully saturated rings. The number of hydrogen-bond acceptors (Lipinski definition) is 5. The number of rotatable bonds is 7. The van der Waals surface area contributed by atoms with Crippen LogP contribution in [-0.2, 0) is 9.59 Å². The summed E-state index contributed by atoms with van der Waals surface area (Å²) in [7, 11) is 0. The summed E-state index contributed by atoms with van der Waals surface area (Å²) in [6.07, 6.45) is 0.712. The van der Waals surface area contributed by atoms with E-state index in [1.54, 1.807) is 19.1 Å². The second kappa shape index (κ2) is 6.50. The molecule has 0 saturated heterocycles. The third-order valence-electron chi connectivity index (χ3n) is 4.39. The van der Waals surface area contributed by atoms with Crippen LogP contribution in [0.1, 0.15) is 22.5 Å². The third-order valence-corrected chi connectivity index (χ3v) is 4.68. The number of aryl methyl sites for hydroxylation is 1. The number of aliphatic hydroxyl groups is 1. The number of aliphatic hydroxyl groups excluding tert-OH is 1. The Hall–Kier alpha value is -2.38. The fraction of sp³-hybridized carbons (Fsp3) is 0.353. The minimum atomic E-state index is -1.36. The van der Waals surface area contributed by atoms with Gasteiger partial charge in [0.25, 0.3) is 0 Å². The van der Waals surface area contributed by atoms with E-state index in [1.165, 1.54) is 6.07 Å². The second-order valence-corrected chi connectivity index (χ2v) is 6.50. The third kappa shape index (κ3) is 3.12. The van der Waals surface area contributed by atoms with Gasteiger partial charge in [0.2, 0.25) is 6.41 Å². The molecule has 1 aliphatic carbocycles. The van der Waals surface area contributed by atoms with Crippen molar-refractivity contribution in [3.8, 4) is 0 Å². The van der Waals surface area contributed by atoms with E-state index in [2.05, 4.69) is 0 Å². The maximum Gasteiger partial charge on any atom is 0.328 e. The molecule has 1 heterocycles. The Morgan fingerprint density at radius 2 is 2.16 bits per heavy atom. The van der Waals surface area contributed by atoms with Gasteiger partial charge in [-0.15, -0.1) is 0 Å². The number of hydrogen-bond donors (Lipinski definition) is 2. The molecule has 132 valence electrons. The summed E-state index contributed by atoms with van der Waals surface area (Å²) in [5.74, 6) is -1.38. The molecule has 2 aromatic rings. The lowest BCUT2D eigenvalue weighted by Gasteiger charge is -2.23. The number of aliphatic carboxylic acids is 1. The van der Waals surface area contributed by atoms with Gasteiger partial charge in [0, 0.05) is 22.9 Å². The monoisotopic (exact) mass is 365 g/mol. The Labute approximate surface area is 147 Å². The molecule has 8 heteroatoms. The highest BCUT2D eigenvalue weighted by molar-refractivity contribution is 6.35. The van der Waals surface area contributed by atoms with Gasteiger partial charge in [-0.1, -0.05) is 11.6 Å². The van der Waals surface area contributed by atoms with E-state index < -0.39 is 30.6 Å². The van der Waals surface area contributed by atoms with Crippen LogP contribution in [0.4, 0.5) is 0 Å². The number of carboxylic acid groups (broad SMARTS) is 1. The summed E-state index contributed by atoms with van der Waals surface area (Å²) in [6, 6.07) is 3.05. The first-order chi connectivity index (χ1) is 11.9. The molecule has 1 aliphatic rings. The molecule has 3 rings (SSSR count). The predicted molar refractivity (Wildman–Crippen MR) is 88.6 cm³/mol. The topological polar surface area (TPSA) is 108 Å². The Balaban J connectivity index is 1.83. The summed E-state index contributed by atoms with van der Waals surface area (Å²) >= 11 is 6.16. The number of furan rings is 1. The van der Waals surface area contributed by atoms with Crippen molar-refractivity contribution in [3.63, 3.8) is 0 Å². The summed E-state index contributed by atoms with van der Waals surface area (Å²) in [4.78, 5) is 36.0. The van der Waals surface area contributed by atoms with Crippen molar-refractivity contribution in [3.05, 3.63) is 34.5 Å². The lowest BCUT2D eigenvalue weighted by Crippen LogP contribution is -2.45. The van der Waals surface area contributed by atoms with Crippen LogP contribution >= 0.6 is 11.6 Å². The first-order valence-electron chi connectivity index (χ1n) is 7.67. The Morgan fingerprint density at radius 1 is 1.44 bits per heavy atom. The van der Waals surface area contributed by atoms with Crippen LogP contribution in [0.15, 0.2) is 22.6 Å².